The number of imide groups is 1. The smallest absolute Gasteiger partial charge is 0.258 e. The summed E-state index contributed by atoms with van der Waals surface area (Å²) in [4.78, 5) is 40.6. The highest BCUT2D eigenvalue weighted by atomic mass is 35.5. The number of piperazine rings is 1. The zero-order chi connectivity index (χ0) is 14.2. The Labute approximate surface area is 114 Å². The third-order valence-corrected chi connectivity index (χ3v) is 3.32. The average molecular weight is 282 g/mol. The fourth-order valence-corrected chi connectivity index (χ4v) is 2.00. The van der Waals surface area contributed by atoms with Crippen molar-refractivity contribution in [3.05, 3.63) is 29.0 Å². The van der Waals surface area contributed by atoms with Crippen LogP contribution >= 0.6 is 11.6 Å². The number of nitrogens with zero attached hydrogens (tertiary/aromatic N) is 2. The van der Waals surface area contributed by atoms with Gasteiger partial charge < -0.3 is 4.90 Å². The first kappa shape index (κ1) is 13.5. The van der Waals surface area contributed by atoms with Crippen molar-refractivity contribution in [2.45, 2.75) is 19.4 Å². The molecule has 2 heterocycles. The van der Waals surface area contributed by atoms with Gasteiger partial charge in [0, 0.05) is 6.20 Å². The Bertz CT molecular complexity index is 571. The van der Waals surface area contributed by atoms with E-state index < -0.39 is 23.3 Å². The highest BCUT2D eigenvalue weighted by molar-refractivity contribution is 6.32. The van der Waals surface area contributed by atoms with Gasteiger partial charge in [0.15, 0.2) is 0 Å². The summed E-state index contributed by atoms with van der Waals surface area (Å²) in [6.07, 6.45) is 1.46. The van der Waals surface area contributed by atoms with Gasteiger partial charge in [0.2, 0.25) is 5.91 Å². The Morgan fingerprint density at radius 1 is 1.47 bits per heavy atom. The summed E-state index contributed by atoms with van der Waals surface area (Å²) < 4.78 is 0. The second-order valence-corrected chi connectivity index (χ2v) is 5.03. The average Bonchev–Trinajstić information content (AvgIpc) is 2.34. The molecule has 7 heteroatoms. The topological polar surface area (TPSA) is 79.4 Å². The normalized spacial score (nSPS) is 18.2. The van der Waals surface area contributed by atoms with Crippen LogP contribution in [0, 0.1) is 0 Å². The maximum absolute atomic E-state index is 12.4. The van der Waals surface area contributed by atoms with Crippen LogP contribution in [-0.4, -0.2) is 39.7 Å². The van der Waals surface area contributed by atoms with Crippen molar-refractivity contribution >= 4 is 29.3 Å². The molecule has 1 aliphatic rings. The summed E-state index contributed by atoms with van der Waals surface area (Å²) in [6.45, 7) is 2.94. The van der Waals surface area contributed by atoms with Crippen LogP contribution < -0.4 is 5.32 Å². The van der Waals surface area contributed by atoms with Gasteiger partial charge in [0.05, 0.1) is 5.56 Å². The number of hydrogen-bond donors (Lipinski definition) is 1. The van der Waals surface area contributed by atoms with Crippen molar-refractivity contribution in [2.24, 2.45) is 0 Å². The first-order valence-corrected chi connectivity index (χ1v) is 5.98. The van der Waals surface area contributed by atoms with Crippen LogP contribution in [0.1, 0.15) is 24.2 Å². The molecule has 0 spiro atoms. The molecule has 0 aromatic carbocycles. The predicted octanol–water partition coefficient (Wildman–Crippen LogP) is 0.612. The van der Waals surface area contributed by atoms with Crippen LogP contribution in [0.15, 0.2) is 18.3 Å². The molecule has 0 aliphatic carbocycles. The Morgan fingerprint density at radius 2 is 2.16 bits per heavy atom. The molecule has 3 amide bonds. The number of rotatable bonds is 1. The predicted molar refractivity (Wildman–Crippen MR) is 67.5 cm³/mol. The molecule has 0 saturated carbocycles. The van der Waals surface area contributed by atoms with Gasteiger partial charge in [-0.2, -0.15) is 0 Å². The first-order valence-electron chi connectivity index (χ1n) is 5.61. The number of aromatic nitrogens is 1. The first-order chi connectivity index (χ1) is 8.84. The van der Waals surface area contributed by atoms with Gasteiger partial charge in [0.25, 0.3) is 11.8 Å². The zero-order valence-electron chi connectivity index (χ0n) is 10.4. The Balaban J connectivity index is 2.40. The molecule has 1 fully saturated rings. The number of nitrogens with one attached hydrogen (secondary N) is 1. The van der Waals surface area contributed by atoms with Gasteiger partial charge in [-0.3, -0.25) is 19.7 Å². The van der Waals surface area contributed by atoms with Crippen molar-refractivity contribution < 1.29 is 14.4 Å². The zero-order valence-corrected chi connectivity index (χ0v) is 11.2. The maximum Gasteiger partial charge on any atom is 0.258 e. The van der Waals surface area contributed by atoms with Crippen LogP contribution in [0.3, 0.4) is 0 Å². The molecule has 100 valence electrons. The molecule has 1 aliphatic heterocycles. The quantitative estimate of drug-likeness (QED) is 0.604. The van der Waals surface area contributed by atoms with Gasteiger partial charge in [-0.1, -0.05) is 11.6 Å². The number of amides is 3. The minimum Gasteiger partial charge on any atom is -0.315 e. The molecule has 19 heavy (non-hydrogen) atoms. The Kier molecular flexibility index (Phi) is 3.28. The second kappa shape index (κ2) is 4.62. The van der Waals surface area contributed by atoms with E-state index >= 15 is 0 Å². The van der Waals surface area contributed by atoms with Crippen molar-refractivity contribution in [2.75, 3.05) is 6.54 Å². The van der Waals surface area contributed by atoms with Crippen LogP contribution in [0.25, 0.3) is 0 Å². The van der Waals surface area contributed by atoms with E-state index in [9.17, 15) is 14.4 Å². The summed E-state index contributed by atoms with van der Waals surface area (Å²) >= 11 is 5.86. The monoisotopic (exact) mass is 281 g/mol. The molecule has 1 saturated heterocycles. The van der Waals surface area contributed by atoms with E-state index in [2.05, 4.69) is 10.3 Å². The molecular formula is C12H12ClN3O3. The maximum atomic E-state index is 12.4. The van der Waals surface area contributed by atoms with Crippen LogP contribution in [0.2, 0.25) is 5.15 Å². The van der Waals surface area contributed by atoms with E-state index in [0.29, 0.717) is 0 Å². The molecule has 6 nitrogen and oxygen atoms in total. The molecule has 0 atom stereocenters. The van der Waals surface area contributed by atoms with E-state index in [1.165, 1.54) is 17.2 Å². The van der Waals surface area contributed by atoms with Crippen LogP contribution in [0.4, 0.5) is 0 Å². The molecule has 0 bridgehead atoms. The second-order valence-electron chi connectivity index (χ2n) is 4.67. The lowest BCUT2D eigenvalue weighted by Crippen LogP contribution is -2.65. The summed E-state index contributed by atoms with van der Waals surface area (Å²) in [5.41, 5.74) is -0.954. The van der Waals surface area contributed by atoms with E-state index in [-0.39, 0.29) is 17.3 Å². The van der Waals surface area contributed by atoms with E-state index in [1.807, 2.05) is 0 Å². The lowest BCUT2D eigenvalue weighted by Gasteiger charge is -2.40. The molecule has 1 aromatic heterocycles. The van der Waals surface area contributed by atoms with Gasteiger partial charge in [-0.05, 0) is 26.0 Å². The summed E-state index contributed by atoms with van der Waals surface area (Å²) in [7, 11) is 0. The SMILES string of the molecule is CC1(C)C(=O)NC(=O)CN1C(=O)c1cccnc1Cl. The van der Waals surface area contributed by atoms with Gasteiger partial charge >= 0.3 is 0 Å². The molecule has 1 N–H and O–H groups in total. The van der Waals surface area contributed by atoms with E-state index in [0.717, 1.165) is 0 Å². The van der Waals surface area contributed by atoms with Crippen molar-refractivity contribution in [1.29, 1.82) is 0 Å². The largest absolute Gasteiger partial charge is 0.315 e. The minimum atomic E-state index is -1.12. The lowest BCUT2D eigenvalue weighted by molar-refractivity contribution is -0.143. The third-order valence-electron chi connectivity index (χ3n) is 3.02. The summed E-state index contributed by atoms with van der Waals surface area (Å²) in [6, 6.07) is 3.07. The third kappa shape index (κ3) is 2.31. The van der Waals surface area contributed by atoms with Crippen molar-refractivity contribution in [3.8, 4) is 0 Å². The Hall–Kier alpha value is -1.95. The highest BCUT2D eigenvalue weighted by Crippen LogP contribution is 2.23. The summed E-state index contributed by atoms with van der Waals surface area (Å²) in [5, 5.41) is 2.24. The number of carbonyl (C=O) groups is 3. The number of pyridine rings is 1. The lowest BCUT2D eigenvalue weighted by atomic mass is 9.97. The van der Waals surface area contributed by atoms with Crippen molar-refractivity contribution in [3.63, 3.8) is 0 Å². The fourth-order valence-electron chi connectivity index (χ4n) is 1.80. The Morgan fingerprint density at radius 3 is 2.79 bits per heavy atom. The highest BCUT2D eigenvalue weighted by Gasteiger charge is 2.44. The number of halogens is 1. The van der Waals surface area contributed by atoms with Gasteiger partial charge in [-0.25, -0.2) is 4.98 Å². The summed E-state index contributed by atoms with van der Waals surface area (Å²) in [5.74, 6) is -1.53. The van der Waals surface area contributed by atoms with Gasteiger partial charge in [-0.15, -0.1) is 0 Å². The molecule has 0 radical (unpaired) electrons. The van der Waals surface area contributed by atoms with Crippen LogP contribution in [-0.2, 0) is 9.59 Å². The van der Waals surface area contributed by atoms with Gasteiger partial charge in [0.1, 0.15) is 17.2 Å². The number of hydrogen-bond acceptors (Lipinski definition) is 4. The van der Waals surface area contributed by atoms with Crippen LogP contribution in [0.5, 0.6) is 0 Å². The fraction of sp³-hybridized carbons (Fsp3) is 0.333. The van der Waals surface area contributed by atoms with E-state index in [4.69, 9.17) is 11.6 Å². The minimum absolute atomic E-state index is 0.0433. The number of carbonyl (C=O) groups excluding carboxylic acids is 3. The molecular weight excluding hydrogens is 270 g/mol. The van der Waals surface area contributed by atoms with E-state index in [1.54, 1.807) is 19.9 Å². The molecule has 1 aromatic rings. The van der Waals surface area contributed by atoms with Crippen molar-refractivity contribution in [1.82, 2.24) is 15.2 Å². The standard InChI is InChI=1S/C12H12ClN3O3/c1-12(2)11(19)15-8(17)6-16(12)10(18)7-4-3-5-14-9(7)13/h3-5H,6H2,1-2H3,(H,15,17,19). The molecule has 2 rings (SSSR count). The molecule has 0 unspecified atom stereocenters.